The van der Waals surface area contributed by atoms with E-state index in [2.05, 4.69) is 41.5 Å². The molecule has 0 atom stereocenters. The molecule has 2 aromatic carbocycles. The van der Waals surface area contributed by atoms with Crippen molar-refractivity contribution in [2.75, 3.05) is 18.5 Å². The molecule has 7 heteroatoms. The van der Waals surface area contributed by atoms with Crippen LogP contribution in [0, 0.1) is 6.92 Å². The number of anilines is 1. The van der Waals surface area contributed by atoms with Gasteiger partial charge in [0.2, 0.25) is 0 Å². The second-order valence-corrected chi connectivity index (χ2v) is 7.50. The van der Waals surface area contributed by atoms with Gasteiger partial charge in [0.15, 0.2) is 23.2 Å². The molecule has 0 saturated carbocycles. The van der Waals surface area contributed by atoms with Crippen LogP contribution < -0.4 is 14.8 Å². The summed E-state index contributed by atoms with van der Waals surface area (Å²) in [7, 11) is 0. The molecule has 0 saturated heterocycles. The van der Waals surface area contributed by atoms with Crippen molar-refractivity contribution in [3.63, 3.8) is 0 Å². The van der Waals surface area contributed by atoms with Gasteiger partial charge in [-0.25, -0.2) is 4.98 Å². The van der Waals surface area contributed by atoms with Crippen LogP contribution in [0.25, 0.3) is 0 Å². The zero-order valence-corrected chi connectivity index (χ0v) is 17.1. The summed E-state index contributed by atoms with van der Waals surface area (Å²) in [6, 6.07) is 13.1. The molecular weight excluding hydrogens is 388 g/mol. The Labute approximate surface area is 173 Å². The van der Waals surface area contributed by atoms with Crippen LogP contribution >= 0.6 is 11.3 Å². The fourth-order valence-corrected chi connectivity index (χ4v) is 3.50. The molecule has 0 aliphatic carbocycles. The molecule has 1 aromatic heterocycles. The average Bonchev–Trinajstić information content (AvgIpc) is 3.15. The van der Waals surface area contributed by atoms with E-state index >= 15 is 0 Å². The number of aryl methyl sites for hydroxylation is 1. The third-order valence-corrected chi connectivity index (χ3v) is 4.97. The lowest BCUT2D eigenvalue weighted by Crippen LogP contribution is -2.20. The molecule has 0 bridgehead atoms. The smallest absolute Gasteiger partial charge is 0.264 e. The molecular formula is C22H22N2O4S. The Morgan fingerprint density at radius 2 is 1.93 bits per heavy atom. The van der Waals surface area contributed by atoms with Gasteiger partial charge in [0, 0.05) is 23.1 Å². The highest BCUT2D eigenvalue weighted by Crippen LogP contribution is 2.28. The van der Waals surface area contributed by atoms with E-state index in [-0.39, 0.29) is 12.5 Å². The van der Waals surface area contributed by atoms with Gasteiger partial charge in [-0.2, -0.15) is 0 Å². The largest absolute Gasteiger partial charge is 0.490 e. The van der Waals surface area contributed by atoms with Crippen molar-refractivity contribution in [3.8, 4) is 11.5 Å². The van der Waals surface area contributed by atoms with E-state index in [1.807, 2.05) is 6.92 Å². The maximum absolute atomic E-state index is 12.2. The molecule has 3 aromatic rings. The van der Waals surface area contributed by atoms with Crippen LogP contribution in [0.4, 0.5) is 5.13 Å². The number of hydrogen-bond donors (Lipinski definition) is 1. The van der Waals surface area contributed by atoms with Gasteiger partial charge in [-0.1, -0.05) is 29.8 Å². The molecule has 0 aliphatic heterocycles. The number of aldehydes is 1. The summed E-state index contributed by atoms with van der Waals surface area (Å²) >= 11 is 1.44. The molecule has 29 heavy (non-hydrogen) atoms. The first kappa shape index (κ1) is 20.5. The second kappa shape index (κ2) is 9.84. The summed E-state index contributed by atoms with van der Waals surface area (Å²) < 4.78 is 11.0. The predicted octanol–water partition coefficient (Wildman–Crippen LogP) is 4.27. The number of ether oxygens (including phenoxy) is 2. The molecule has 1 heterocycles. The van der Waals surface area contributed by atoms with E-state index in [9.17, 15) is 9.59 Å². The number of carbonyl (C=O) groups is 2. The molecule has 1 amide bonds. The number of rotatable bonds is 9. The fourth-order valence-electron chi connectivity index (χ4n) is 2.64. The zero-order chi connectivity index (χ0) is 20.6. The second-order valence-electron chi connectivity index (χ2n) is 6.39. The van der Waals surface area contributed by atoms with E-state index < -0.39 is 0 Å². The maximum Gasteiger partial charge on any atom is 0.264 e. The highest BCUT2D eigenvalue weighted by atomic mass is 32.1. The van der Waals surface area contributed by atoms with Crippen LogP contribution in [-0.4, -0.2) is 30.4 Å². The Hall–Kier alpha value is -3.19. The van der Waals surface area contributed by atoms with Crippen molar-refractivity contribution in [1.29, 1.82) is 0 Å². The van der Waals surface area contributed by atoms with E-state index in [4.69, 9.17) is 9.47 Å². The van der Waals surface area contributed by atoms with E-state index in [1.54, 1.807) is 24.4 Å². The van der Waals surface area contributed by atoms with Crippen molar-refractivity contribution in [3.05, 3.63) is 70.2 Å². The first-order valence-electron chi connectivity index (χ1n) is 9.22. The highest BCUT2D eigenvalue weighted by Gasteiger charge is 2.11. The lowest BCUT2D eigenvalue weighted by molar-refractivity contribution is -0.118. The summed E-state index contributed by atoms with van der Waals surface area (Å²) in [5.41, 5.74) is 2.90. The number of benzene rings is 2. The summed E-state index contributed by atoms with van der Waals surface area (Å²) in [6.45, 7) is 4.13. The number of hydrogen-bond acceptors (Lipinski definition) is 6. The van der Waals surface area contributed by atoms with E-state index in [0.717, 1.165) is 17.6 Å². The average molecular weight is 410 g/mol. The van der Waals surface area contributed by atoms with Gasteiger partial charge in [-0.15, -0.1) is 11.3 Å². The van der Waals surface area contributed by atoms with Crippen LogP contribution in [0.2, 0.25) is 0 Å². The SMILES string of the molecule is CCOc1cc(C=O)ccc1OCC(=O)Nc1ncc(Cc2ccc(C)cc2)s1. The Morgan fingerprint density at radius 1 is 1.14 bits per heavy atom. The predicted molar refractivity (Wildman–Crippen MR) is 113 cm³/mol. The summed E-state index contributed by atoms with van der Waals surface area (Å²) in [6.07, 6.45) is 3.27. The minimum Gasteiger partial charge on any atom is -0.490 e. The Morgan fingerprint density at radius 3 is 2.66 bits per heavy atom. The molecule has 0 spiro atoms. The number of carbonyl (C=O) groups excluding carboxylic acids is 2. The van der Waals surface area contributed by atoms with Crippen LogP contribution in [0.5, 0.6) is 11.5 Å². The topological polar surface area (TPSA) is 77.5 Å². The Bertz CT molecular complexity index is 983. The standard InChI is InChI=1S/C22H22N2O4S/c1-3-27-20-11-17(13-25)8-9-19(20)28-14-21(26)24-22-23-12-18(29-22)10-16-6-4-15(2)5-7-16/h4-9,11-13H,3,10,14H2,1-2H3,(H,23,24,26). The quantitative estimate of drug-likeness (QED) is 0.533. The van der Waals surface area contributed by atoms with Gasteiger partial charge in [-0.05, 0) is 37.6 Å². The third kappa shape index (κ3) is 5.89. The lowest BCUT2D eigenvalue weighted by atomic mass is 10.1. The molecule has 0 fully saturated rings. The van der Waals surface area contributed by atoms with Crippen molar-refractivity contribution in [1.82, 2.24) is 4.98 Å². The number of aromatic nitrogens is 1. The number of nitrogens with one attached hydrogen (secondary N) is 1. The molecule has 150 valence electrons. The lowest BCUT2D eigenvalue weighted by Gasteiger charge is -2.11. The third-order valence-electron chi connectivity index (χ3n) is 4.06. The first-order chi connectivity index (χ1) is 14.1. The van der Waals surface area contributed by atoms with Crippen LogP contribution in [0.15, 0.2) is 48.7 Å². The molecule has 1 N–H and O–H groups in total. The summed E-state index contributed by atoms with van der Waals surface area (Å²) in [4.78, 5) is 28.5. The normalized spacial score (nSPS) is 10.4. The first-order valence-corrected chi connectivity index (χ1v) is 10.0. The van der Waals surface area contributed by atoms with Gasteiger partial charge < -0.3 is 9.47 Å². The van der Waals surface area contributed by atoms with Crippen LogP contribution in [-0.2, 0) is 11.2 Å². The number of thiazole rings is 1. The minimum atomic E-state index is -0.317. The maximum atomic E-state index is 12.2. The number of nitrogens with zero attached hydrogens (tertiary/aromatic N) is 1. The van der Waals surface area contributed by atoms with E-state index in [0.29, 0.717) is 28.8 Å². The van der Waals surface area contributed by atoms with Gasteiger partial charge >= 0.3 is 0 Å². The van der Waals surface area contributed by atoms with Gasteiger partial charge in [-0.3, -0.25) is 14.9 Å². The van der Waals surface area contributed by atoms with Gasteiger partial charge in [0.05, 0.1) is 6.61 Å². The van der Waals surface area contributed by atoms with Crippen molar-refractivity contribution >= 4 is 28.7 Å². The van der Waals surface area contributed by atoms with Crippen LogP contribution in [0.1, 0.15) is 33.3 Å². The van der Waals surface area contributed by atoms with Crippen LogP contribution in [0.3, 0.4) is 0 Å². The zero-order valence-electron chi connectivity index (χ0n) is 16.3. The van der Waals surface area contributed by atoms with Crippen molar-refractivity contribution in [2.45, 2.75) is 20.3 Å². The van der Waals surface area contributed by atoms with Gasteiger partial charge in [0.25, 0.3) is 5.91 Å². The molecule has 0 aliphatic rings. The summed E-state index contributed by atoms with van der Waals surface area (Å²) in [5.74, 6) is 0.523. The molecule has 6 nitrogen and oxygen atoms in total. The highest BCUT2D eigenvalue weighted by molar-refractivity contribution is 7.15. The molecule has 0 unspecified atom stereocenters. The monoisotopic (exact) mass is 410 g/mol. The fraction of sp³-hybridized carbons (Fsp3) is 0.227. The number of amides is 1. The van der Waals surface area contributed by atoms with Crippen molar-refractivity contribution in [2.24, 2.45) is 0 Å². The van der Waals surface area contributed by atoms with E-state index in [1.165, 1.54) is 22.5 Å². The van der Waals surface area contributed by atoms with Crippen molar-refractivity contribution < 1.29 is 19.1 Å². The Balaban J connectivity index is 1.55. The molecule has 0 radical (unpaired) electrons. The minimum absolute atomic E-state index is 0.187. The van der Waals surface area contributed by atoms with Gasteiger partial charge in [0.1, 0.15) is 6.29 Å². The Kier molecular flexibility index (Phi) is 6.97. The molecule has 3 rings (SSSR count). The summed E-state index contributed by atoms with van der Waals surface area (Å²) in [5, 5.41) is 3.28.